The predicted molar refractivity (Wildman–Crippen MR) is 159 cm³/mol. The lowest BCUT2D eigenvalue weighted by Gasteiger charge is -2.49. The SMILES string of the molecule is O=C(c1cccc2ccccc12)N(Cc1ccccc1)[C@@H]1O[C@H](CCO)[C@H](O)[C@H](N2CC(c3cccc(F)c3)NN2)[C@H]1O. The van der Waals surface area contributed by atoms with Gasteiger partial charge in [-0.2, -0.15) is 5.53 Å². The van der Waals surface area contributed by atoms with Crippen LogP contribution >= 0.6 is 0 Å². The van der Waals surface area contributed by atoms with Crippen molar-refractivity contribution in [2.45, 2.75) is 49.6 Å². The quantitative estimate of drug-likeness (QED) is 0.214. The molecule has 1 amide bonds. The summed E-state index contributed by atoms with van der Waals surface area (Å²) in [5.74, 6) is -0.705. The van der Waals surface area contributed by atoms with Crippen LogP contribution in [-0.2, 0) is 11.3 Å². The number of aliphatic hydroxyl groups excluding tert-OH is 3. The normalized spacial score (nSPS) is 26.0. The number of hydrogen-bond donors (Lipinski definition) is 5. The van der Waals surface area contributed by atoms with Crippen LogP contribution in [0.3, 0.4) is 0 Å². The second-order valence-corrected chi connectivity index (χ2v) is 11.0. The molecule has 0 bridgehead atoms. The van der Waals surface area contributed by atoms with E-state index in [1.807, 2.05) is 66.7 Å². The van der Waals surface area contributed by atoms with E-state index in [0.717, 1.165) is 16.3 Å². The van der Waals surface area contributed by atoms with E-state index in [0.29, 0.717) is 11.1 Å². The molecule has 2 saturated heterocycles. The number of carbonyl (C=O) groups excluding carboxylic acids is 1. The summed E-state index contributed by atoms with van der Waals surface area (Å²) in [5.41, 5.74) is 8.13. The summed E-state index contributed by atoms with van der Waals surface area (Å²) in [6.07, 6.45) is -4.50. The van der Waals surface area contributed by atoms with Crippen LogP contribution in [0.5, 0.6) is 0 Å². The topological polar surface area (TPSA) is 118 Å². The van der Waals surface area contributed by atoms with Gasteiger partial charge in [0.15, 0.2) is 6.23 Å². The molecule has 2 fully saturated rings. The van der Waals surface area contributed by atoms with E-state index >= 15 is 0 Å². The number of fused-ring (bicyclic) bond motifs is 1. The molecule has 1 unspecified atom stereocenters. The smallest absolute Gasteiger partial charge is 0.256 e. The molecule has 5 N–H and O–H groups in total. The van der Waals surface area contributed by atoms with Crippen LogP contribution in [0.4, 0.5) is 4.39 Å². The average Bonchev–Trinajstić information content (AvgIpc) is 3.51. The van der Waals surface area contributed by atoms with Crippen molar-refractivity contribution >= 4 is 16.7 Å². The highest BCUT2D eigenvalue weighted by Crippen LogP contribution is 2.33. The molecule has 0 spiro atoms. The Hall–Kier alpha value is -3.74. The van der Waals surface area contributed by atoms with E-state index in [4.69, 9.17) is 4.74 Å². The molecule has 4 aromatic rings. The van der Waals surface area contributed by atoms with Crippen molar-refractivity contribution in [3.05, 3.63) is 120 Å². The number of nitrogens with one attached hydrogen (secondary N) is 2. The van der Waals surface area contributed by atoms with Crippen LogP contribution in [0, 0.1) is 5.82 Å². The maximum absolute atomic E-state index is 14.4. The number of halogens is 1. The third kappa shape index (κ3) is 6.04. The van der Waals surface area contributed by atoms with Crippen LogP contribution in [0.1, 0.15) is 33.9 Å². The first-order valence-electron chi connectivity index (χ1n) is 14.4. The Morgan fingerprint density at radius 3 is 2.49 bits per heavy atom. The molecule has 2 heterocycles. The Morgan fingerprint density at radius 2 is 1.70 bits per heavy atom. The van der Waals surface area contributed by atoms with Crippen LogP contribution in [0.25, 0.3) is 10.8 Å². The Labute approximate surface area is 249 Å². The number of hydrogen-bond acceptors (Lipinski definition) is 8. The molecule has 6 atom stereocenters. The van der Waals surface area contributed by atoms with Gasteiger partial charge in [-0.05, 0) is 46.5 Å². The molecular formula is C33H35FN4O5. The average molecular weight is 587 g/mol. The lowest BCUT2D eigenvalue weighted by Crippen LogP contribution is -2.69. The van der Waals surface area contributed by atoms with Gasteiger partial charge < -0.3 is 25.0 Å². The van der Waals surface area contributed by atoms with Gasteiger partial charge in [-0.15, -0.1) is 0 Å². The molecule has 6 rings (SSSR count). The number of amides is 1. The highest BCUT2D eigenvalue weighted by molar-refractivity contribution is 6.07. The summed E-state index contributed by atoms with van der Waals surface area (Å²) in [5, 5.41) is 36.5. The maximum Gasteiger partial charge on any atom is 0.256 e. The van der Waals surface area contributed by atoms with Gasteiger partial charge in [-0.1, -0.05) is 78.9 Å². The minimum Gasteiger partial charge on any atom is -0.396 e. The zero-order chi connectivity index (χ0) is 29.9. The van der Waals surface area contributed by atoms with E-state index in [9.17, 15) is 24.5 Å². The summed E-state index contributed by atoms with van der Waals surface area (Å²) < 4.78 is 20.2. The standard InChI is InChI=1S/C33H35FN4O5/c34-24-13-6-12-23(18-24)27-20-38(36-35-27)29-30(40)28(16-17-39)43-33(31(29)41)37(19-21-8-2-1-3-9-21)32(42)26-15-7-11-22-10-4-5-14-25(22)26/h1-15,18,27-31,33,35-36,39-41H,16-17,19-20H2/t27?,28-,29+,30+,31-,33-/m1/s1. The minimum atomic E-state index is -1.35. The zero-order valence-corrected chi connectivity index (χ0v) is 23.5. The number of rotatable bonds is 8. The third-order valence-corrected chi connectivity index (χ3v) is 8.26. The van der Waals surface area contributed by atoms with Crippen molar-refractivity contribution in [3.8, 4) is 0 Å². The van der Waals surface area contributed by atoms with E-state index in [1.165, 1.54) is 17.0 Å². The van der Waals surface area contributed by atoms with Crippen LogP contribution in [0.2, 0.25) is 0 Å². The van der Waals surface area contributed by atoms with Crippen molar-refractivity contribution in [2.24, 2.45) is 0 Å². The molecule has 224 valence electrons. The number of benzene rings is 4. The largest absolute Gasteiger partial charge is 0.396 e. The molecule has 10 heteroatoms. The lowest BCUT2D eigenvalue weighted by molar-refractivity contribution is -0.245. The molecule has 4 aromatic carbocycles. The van der Waals surface area contributed by atoms with Crippen LogP contribution < -0.4 is 11.0 Å². The van der Waals surface area contributed by atoms with Gasteiger partial charge >= 0.3 is 0 Å². The minimum absolute atomic E-state index is 0.0944. The fourth-order valence-electron chi connectivity index (χ4n) is 6.10. The number of hydrazine groups is 2. The summed E-state index contributed by atoms with van der Waals surface area (Å²) >= 11 is 0. The molecule has 2 aliphatic rings. The van der Waals surface area contributed by atoms with Gasteiger partial charge in [0.25, 0.3) is 5.91 Å². The first-order valence-corrected chi connectivity index (χ1v) is 14.4. The molecule has 2 aliphatic heterocycles. The monoisotopic (exact) mass is 586 g/mol. The third-order valence-electron chi connectivity index (χ3n) is 8.26. The van der Waals surface area contributed by atoms with Gasteiger partial charge in [0.1, 0.15) is 11.9 Å². The molecule has 9 nitrogen and oxygen atoms in total. The predicted octanol–water partition coefficient (Wildman–Crippen LogP) is 2.89. The fraction of sp³-hybridized carbons (Fsp3) is 0.303. The highest BCUT2D eigenvalue weighted by atomic mass is 19.1. The maximum atomic E-state index is 14.4. The molecular weight excluding hydrogens is 551 g/mol. The number of ether oxygens (including phenoxy) is 1. The summed E-state index contributed by atoms with van der Waals surface area (Å²) in [6.45, 7) is 0.165. The van der Waals surface area contributed by atoms with Gasteiger partial charge in [0.05, 0.1) is 24.3 Å². The molecule has 0 saturated carbocycles. The first-order chi connectivity index (χ1) is 20.9. The van der Waals surface area contributed by atoms with Crippen molar-refractivity contribution in [3.63, 3.8) is 0 Å². The zero-order valence-electron chi connectivity index (χ0n) is 23.5. The Balaban J connectivity index is 1.36. The Morgan fingerprint density at radius 1 is 0.953 bits per heavy atom. The summed E-state index contributed by atoms with van der Waals surface area (Å²) in [6, 6.07) is 27.5. The van der Waals surface area contributed by atoms with E-state index in [2.05, 4.69) is 11.0 Å². The van der Waals surface area contributed by atoms with Gasteiger partial charge in [-0.3, -0.25) is 4.79 Å². The van der Waals surface area contributed by atoms with Crippen molar-refractivity contribution in [1.29, 1.82) is 0 Å². The first kappa shape index (κ1) is 29.3. The summed E-state index contributed by atoms with van der Waals surface area (Å²) in [4.78, 5) is 15.9. The Bertz CT molecular complexity index is 1550. The van der Waals surface area contributed by atoms with Crippen molar-refractivity contribution < 1.29 is 29.2 Å². The number of nitrogens with zero attached hydrogens (tertiary/aromatic N) is 2. The van der Waals surface area contributed by atoms with E-state index in [-0.39, 0.29) is 43.9 Å². The highest BCUT2D eigenvalue weighted by Gasteiger charge is 2.51. The lowest BCUT2D eigenvalue weighted by atomic mass is 9.91. The van der Waals surface area contributed by atoms with E-state index in [1.54, 1.807) is 23.2 Å². The van der Waals surface area contributed by atoms with Crippen LogP contribution in [0.15, 0.2) is 97.1 Å². The van der Waals surface area contributed by atoms with Gasteiger partial charge in [0.2, 0.25) is 0 Å². The number of carbonyl (C=O) groups is 1. The van der Waals surface area contributed by atoms with Gasteiger partial charge in [0, 0.05) is 25.3 Å². The Kier molecular flexibility index (Phi) is 8.78. The van der Waals surface area contributed by atoms with Crippen molar-refractivity contribution in [1.82, 2.24) is 20.9 Å². The second-order valence-electron chi connectivity index (χ2n) is 11.0. The van der Waals surface area contributed by atoms with Crippen LogP contribution in [-0.4, -0.2) is 74.9 Å². The summed E-state index contributed by atoms with van der Waals surface area (Å²) in [7, 11) is 0. The molecule has 43 heavy (non-hydrogen) atoms. The number of aliphatic hydroxyl groups is 3. The van der Waals surface area contributed by atoms with Crippen molar-refractivity contribution in [2.75, 3.05) is 13.2 Å². The fourth-order valence-corrected chi connectivity index (χ4v) is 6.10. The second kappa shape index (κ2) is 12.9. The van der Waals surface area contributed by atoms with Gasteiger partial charge in [-0.25, -0.2) is 14.8 Å². The molecule has 0 aliphatic carbocycles. The van der Waals surface area contributed by atoms with E-state index < -0.39 is 30.6 Å². The molecule has 0 aromatic heterocycles. The molecule has 0 radical (unpaired) electrons.